The molecule has 2 N–H and O–H groups in total. The molecule has 2 nitrogen and oxygen atoms in total. The average molecular weight is 270 g/mol. The molecule has 5 heteroatoms. The van der Waals surface area contributed by atoms with Crippen molar-refractivity contribution in [2.75, 3.05) is 12.8 Å². The fourth-order valence-electron chi connectivity index (χ4n) is 1.69. The first kappa shape index (κ1) is 12.6. The number of rotatable bonds is 2. The lowest BCUT2D eigenvalue weighted by Gasteiger charge is -2.10. The molecule has 0 aromatic heterocycles. The highest BCUT2D eigenvalue weighted by Gasteiger charge is 2.16. The van der Waals surface area contributed by atoms with Crippen molar-refractivity contribution in [1.29, 1.82) is 0 Å². The minimum atomic E-state index is -0.735. The van der Waals surface area contributed by atoms with Crippen LogP contribution in [-0.4, -0.2) is 7.11 Å². The predicted molar refractivity (Wildman–Crippen MR) is 67.8 cm³/mol. The lowest BCUT2D eigenvalue weighted by atomic mass is 10.0. The van der Waals surface area contributed by atoms with E-state index in [9.17, 15) is 8.78 Å². The molecule has 0 aliphatic heterocycles. The normalized spacial score (nSPS) is 10.4. The Morgan fingerprint density at radius 2 is 1.72 bits per heavy atom. The number of methoxy groups -OCH3 is 1. The second-order valence-electron chi connectivity index (χ2n) is 3.70. The summed E-state index contributed by atoms with van der Waals surface area (Å²) >= 11 is 5.74. The van der Waals surface area contributed by atoms with Crippen LogP contribution in [0.1, 0.15) is 0 Å². The molecule has 0 spiro atoms. The highest BCUT2D eigenvalue weighted by Crippen LogP contribution is 2.34. The summed E-state index contributed by atoms with van der Waals surface area (Å²) in [6, 6.07) is 6.65. The van der Waals surface area contributed by atoms with Crippen molar-refractivity contribution in [3.05, 3.63) is 47.0 Å². The van der Waals surface area contributed by atoms with Gasteiger partial charge in [0.1, 0.15) is 17.4 Å². The summed E-state index contributed by atoms with van der Waals surface area (Å²) in [7, 11) is 1.34. The van der Waals surface area contributed by atoms with E-state index in [1.807, 2.05) is 0 Å². The smallest absolute Gasteiger partial charge is 0.137 e. The van der Waals surface area contributed by atoms with E-state index in [4.69, 9.17) is 22.1 Å². The third-order valence-electron chi connectivity index (χ3n) is 2.53. The Hall–Kier alpha value is -1.81. The zero-order valence-corrected chi connectivity index (χ0v) is 10.3. The average Bonchev–Trinajstić information content (AvgIpc) is 2.30. The zero-order chi connectivity index (χ0) is 13.3. The van der Waals surface area contributed by atoms with E-state index in [0.29, 0.717) is 5.02 Å². The Bertz CT molecular complexity index is 579. The molecule has 0 aliphatic carbocycles. The van der Waals surface area contributed by atoms with Crippen LogP contribution in [0.3, 0.4) is 0 Å². The molecule has 2 rings (SSSR count). The Morgan fingerprint density at radius 1 is 1.11 bits per heavy atom. The van der Waals surface area contributed by atoms with Gasteiger partial charge in [0.05, 0.1) is 12.7 Å². The van der Waals surface area contributed by atoms with Crippen LogP contribution >= 0.6 is 11.6 Å². The molecular formula is C13H10ClF2NO. The van der Waals surface area contributed by atoms with Crippen molar-refractivity contribution in [3.8, 4) is 16.9 Å². The highest BCUT2D eigenvalue weighted by molar-refractivity contribution is 6.31. The van der Waals surface area contributed by atoms with Crippen molar-refractivity contribution >= 4 is 17.3 Å². The molecule has 0 aliphatic rings. The van der Waals surface area contributed by atoms with E-state index in [0.717, 1.165) is 12.1 Å². The summed E-state index contributed by atoms with van der Waals surface area (Å²) in [5.74, 6) is -1.36. The van der Waals surface area contributed by atoms with Crippen LogP contribution in [0.2, 0.25) is 5.02 Å². The van der Waals surface area contributed by atoms with Gasteiger partial charge in [-0.15, -0.1) is 0 Å². The fourth-order valence-corrected chi connectivity index (χ4v) is 1.87. The number of nitrogens with two attached hydrogens (primary N) is 1. The van der Waals surface area contributed by atoms with Crippen LogP contribution in [0.5, 0.6) is 5.75 Å². The Balaban J connectivity index is 2.64. The SMILES string of the molecule is COc1cc(F)c(-c2ccc(Cl)cc2N)c(F)c1. The van der Waals surface area contributed by atoms with E-state index >= 15 is 0 Å². The summed E-state index contributed by atoms with van der Waals surface area (Å²) in [6.07, 6.45) is 0. The zero-order valence-electron chi connectivity index (χ0n) is 9.51. The first-order chi connectivity index (χ1) is 8.52. The van der Waals surface area contributed by atoms with Crippen molar-refractivity contribution in [2.45, 2.75) is 0 Å². The van der Waals surface area contributed by atoms with Crippen LogP contribution in [0.25, 0.3) is 11.1 Å². The first-order valence-corrected chi connectivity index (χ1v) is 5.49. The van der Waals surface area contributed by atoms with Crippen LogP contribution < -0.4 is 10.5 Å². The van der Waals surface area contributed by atoms with Gasteiger partial charge in [-0.25, -0.2) is 8.78 Å². The van der Waals surface area contributed by atoms with Gasteiger partial charge < -0.3 is 10.5 Å². The molecule has 0 heterocycles. The number of benzene rings is 2. The summed E-state index contributed by atoms with van der Waals surface area (Å²) < 4.78 is 32.5. The second kappa shape index (κ2) is 4.82. The highest BCUT2D eigenvalue weighted by atomic mass is 35.5. The van der Waals surface area contributed by atoms with Crippen LogP contribution in [0.4, 0.5) is 14.5 Å². The molecule has 0 radical (unpaired) electrons. The molecule has 0 fully saturated rings. The van der Waals surface area contributed by atoms with Gasteiger partial charge in [-0.2, -0.15) is 0 Å². The van der Waals surface area contributed by atoms with Gasteiger partial charge in [0.2, 0.25) is 0 Å². The summed E-state index contributed by atoms with van der Waals surface area (Å²) in [4.78, 5) is 0. The Labute approximate surface area is 108 Å². The fraction of sp³-hybridized carbons (Fsp3) is 0.0769. The van der Waals surface area contributed by atoms with Gasteiger partial charge in [0.25, 0.3) is 0 Å². The molecular weight excluding hydrogens is 260 g/mol. The molecule has 0 saturated heterocycles. The number of hydrogen-bond acceptors (Lipinski definition) is 2. The summed E-state index contributed by atoms with van der Waals surface area (Å²) in [5, 5.41) is 0.408. The van der Waals surface area contributed by atoms with Crippen LogP contribution in [0.15, 0.2) is 30.3 Å². The molecule has 18 heavy (non-hydrogen) atoms. The number of hydrogen-bond donors (Lipinski definition) is 1. The second-order valence-corrected chi connectivity index (χ2v) is 4.13. The van der Waals surface area contributed by atoms with E-state index in [1.54, 1.807) is 0 Å². The minimum Gasteiger partial charge on any atom is -0.497 e. The maximum atomic E-state index is 13.9. The molecule has 2 aromatic rings. The van der Waals surface area contributed by atoms with Gasteiger partial charge in [0, 0.05) is 28.4 Å². The molecule has 94 valence electrons. The lowest BCUT2D eigenvalue weighted by Crippen LogP contribution is -1.97. The van der Waals surface area contributed by atoms with Crippen molar-refractivity contribution < 1.29 is 13.5 Å². The third-order valence-corrected chi connectivity index (χ3v) is 2.77. The third kappa shape index (κ3) is 2.24. The van der Waals surface area contributed by atoms with Crippen molar-refractivity contribution in [3.63, 3.8) is 0 Å². The topological polar surface area (TPSA) is 35.2 Å². The maximum absolute atomic E-state index is 13.9. The van der Waals surface area contributed by atoms with Gasteiger partial charge in [-0.1, -0.05) is 17.7 Å². The largest absolute Gasteiger partial charge is 0.497 e. The molecule has 0 saturated carbocycles. The number of anilines is 1. The molecule has 2 aromatic carbocycles. The van der Waals surface area contributed by atoms with Gasteiger partial charge >= 0.3 is 0 Å². The number of nitrogen functional groups attached to an aromatic ring is 1. The first-order valence-electron chi connectivity index (χ1n) is 5.11. The van der Waals surface area contributed by atoms with Crippen molar-refractivity contribution in [2.24, 2.45) is 0 Å². The number of ether oxygens (including phenoxy) is 1. The van der Waals surface area contributed by atoms with E-state index in [1.165, 1.54) is 25.3 Å². The Morgan fingerprint density at radius 3 is 2.22 bits per heavy atom. The van der Waals surface area contributed by atoms with E-state index in [2.05, 4.69) is 0 Å². The lowest BCUT2D eigenvalue weighted by molar-refractivity contribution is 0.407. The standard InChI is InChI=1S/C13H10ClF2NO/c1-18-8-5-10(15)13(11(16)6-8)9-3-2-7(14)4-12(9)17/h2-6H,17H2,1H3. The molecule has 0 atom stereocenters. The quantitative estimate of drug-likeness (QED) is 0.840. The Kier molecular flexibility index (Phi) is 3.39. The van der Waals surface area contributed by atoms with Crippen LogP contribution in [0, 0.1) is 11.6 Å². The molecule has 0 bridgehead atoms. The van der Waals surface area contributed by atoms with Crippen molar-refractivity contribution in [1.82, 2.24) is 0 Å². The van der Waals surface area contributed by atoms with Gasteiger partial charge in [0.15, 0.2) is 0 Å². The predicted octanol–water partition coefficient (Wildman–Crippen LogP) is 3.88. The monoisotopic (exact) mass is 269 g/mol. The summed E-state index contributed by atoms with van der Waals surface area (Å²) in [5.41, 5.74) is 6.00. The maximum Gasteiger partial charge on any atom is 0.137 e. The molecule has 0 amide bonds. The van der Waals surface area contributed by atoms with E-state index < -0.39 is 11.6 Å². The van der Waals surface area contributed by atoms with Gasteiger partial charge in [-0.05, 0) is 12.1 Å². The van der Waals surface area contributed by atoms with E-state index in [-0.39, 0.29) is 22.6 Å². The number of halogens is 3. The van der Waals surface area contributed by atoms with Crippen LogP contribution in [-0.2, 0) is 0 Å². The summed E-state index contributed by atoms with van der Waals surface area (Å²) in [6.45, 7) is 0. The minimum absolute atomic E-state index is 0.112. The molecule has 0 unspecified atom stereocenters. The van der Waals surface area contributed by atoms with Gasteiger partial charge in [-0.3, -0.25) is 0 Å².